The molecule has 80 valence electrons. The van der Waals surface area contributed by atoms with E-state index in [-0.39, 0.29) is 5.41 Å². The maximum Gasteiger partial charge on any atom is 0.181 e. The van der Waals surface area contributed by atoms with Gasteiger partial charge in [-0.15, -0.1) is 0 Å². The van der Waals surface area contributed by atoms with E-state index in [1.165, 1.54) is 0 Å². The normalized spacial score (nSPS) is 14.4. The smallest absolute Gasteiger partial charge is 0.181 e. The van der Waals surface area contributed by atoms with Gasteiger partial charge in [-0.3, -0.25) is 0 Å². The zero-order valence-corrected chi connectivity index (χ0v) is 10.7. The van der Waals surface area contributed by atoms with Crippen molar-refractivity contribution in [2.45, 2.75) is 34.1 Å². The van der Waals surface area contributed by atoms with Gasteiger partial charge in [-0.1, -0.05) is 32.9 Å². The molecule has 0 amide bonds. The molecule has 0 saturated heterocycles. The average Bonchev–Trinajstić information content (AvgIpc) is 2.34. The van der Waals surface area contributed by atoms with Crippen LogP contribution in [0.4, 0.5) is 5.82 Å². The van der Waals surface area contributed by atoms with Crippen molar-refractivity contribution in [1.82, 2.24) is 5.16 Å². The summed E-state index contributed by atoms with van der Waals surface area (Å²) in [4.78, 5) is 0. The molecular weight excluding hydrogens is 244 g/mol. The van der Waals surface area contributed by atoms with Crippen LogP contribution in [0.3, 0.4) is 0 Å². The van der Waals surface area contributed by atoms with E-state index in [9.17, 15) is 0 Å². The van der Waals surface area contributed by atoms with Crippen LogP contribution in [-0.2, 0) is 6.42 Å². The molecule has 0 fully saturated rings. The minimum absolute atomic E-state index is 0.265. The van der Waals surface area contributed by atoms with Gasteiger partial charge in [0.2, 0.25) is 0 Å². The number of anilines is 1. The quantitative estimate of drug-likeness (QED) is 0.889. The van der Waals surface area contributed by atoms with E-state index in [1.807, 2.05) is 0 Å². The van der Waals surface area contributed by atoms with Crippen molar-refractivity contribution < 1.29 is 4.52 Å². The maximum atomic E-state index is 5.57. The standard InChI is InChI=1S/C10H17BrN2O/c1-6(10(2,3)4)5-7-8(11)9(12)13-14-7/h6H,5H2,1-4H3,(H2,12,13). The topological polar surface area (TPSA) is 52.0 Å². The molecule has 0 aliphatic rings. The fourth-order valence-corrected chi connectivity index (χ4v) is 1.35. The van der Waals surface area contributed by atoms with Crippen molar-refractivity contribution in [3.63, 3.8) is 0 Å². The van der Waals surface area contributed by atoms with Crippen molar-refractivity contribution in [3.05, 3.63) is 10.2 Å². The second kappa shape index (κ2) is 3.93. The molecule has 1 aromatic heterocycles. The summed E-state index contributed by atoms with van der Waals surface area (Å²) in [5, 5.41) is 3.71. The third kappa shape index (κ3) is 2.50. The summed E-state index contributed by atoms with van der Waals surface area (Å²) in [7, 11) is 0. The van der Waals surface area contributed by atoms with Gasteiger partial charge in [0.1, 0.15) is 4.47 Å². The zero-order valence-electron chi connectivity index (χ0n) is 9.10. The molecule has 0 spiro atoms. The lowest BCUT2D eigenvalue weighted by Gasteiger charge is -2.26. The van der Waals surface area contributed by atoms with Gasteiger partial charge in [0.05, 0.1) is 0 Å². The van der Waals surface area contributed by atoms with Gasteiger partial charge in [0, 0.05) is 6.42 Å². The van der Waals surface area contributed by atoms with Crippen molar-refractivity contribution in [3.8, 4) is 0 Å². The first-order valence-electron chi connectivity index (χ1n) is 4.72. The van der Waals surface area contributed by atoms with Gasteiger partial charge in [-0.2, -0.15) is 0 Å². The van der Waals surface area contributed by atoms with Crippen LogP contribution < -0.4 is 5.73 Å². The fraction of sp³-hybridized carbons (Fsp3) is 0.700. The molecule has 0 aliphatic heterocycles. The first kappa shape index (κ1) is 11.6. The van der Waals surface area contributed by atoms with Crippen molar-refractivity contribution in [1.29, 1.82) is 0 Å². The first-order chi connectivity index (χ1) is 6.32. The van der Waals surface area contributed by atoms with Gasteiger partial charge >= 0.3 is 0 Å². The predicted molar refractivity (Wildman–Crippen MR) is 60.9 cm³/mol. The molecule has 0 aromatic carbocycles. The average molecular weight is 261 g/mol. The molecule has 1 aromatic rings. The van der Waals surface area contributed by atoms with Crippen LogP contribution in [0.25, 0.3) is 0 Å². The summed E-state index contributed by atoms with van der Waals surface area (Å²) in [6, 6.07) is 0. The van der Waals surface area contributed by atoms with E-state index in [1.54, 1.807) is 0 Å². The van der Waals surface area contributed by atoms with Gasteiger partial charge in [0.25, 0.3) is 0 Å². The van der Waals surface area contributed by atoms with Crippen LogP contribution in [0.2, 0.25) is 0 Å². The molecular formula is C10H17BrN2O. The van der Waals surface area contributed by atoms with Crippen LogP contribution in [0, 0.1) is 11.3 Å². The second-order valence-corrected chi connectivity index (χ2v) is 5.57. The monoisotopic (exact) mass is 260 g/mol. The minimum Gasteiger partial charge on any atom is -0.380 e. The van der Waals surface area contributed by atoms with Crippen molar-refractivity contribution >= 4 is 21.7 Å². The molecule has 0 saturated carbocycles. The Labute approximate surface area is 93.2 Å². The molecule has 1 rings (SSSR count). The number of hydrogen-bond acceptors (Lipinski definition) is 3. The summed E-state index contributed by atoms with van der Waals surface area (Å²) in [5.41, 5.74) is 5.84. The summed E-state index contributed by atoms with van der Waals surface area (Å²) in [5.74, 6) is 1.79. The Kier molecular flexibility index (Phi) is 3.24. The van der Waals surface area contributed by atoms with Crippen molar-refractivity contribution in [2.24, 2.45) is 11.3 Å². The van der Waals surface area contributed by atoms with Crippen LogP contribution in [0.5, 0.6) is 0 Å². The molecule has 0 aliphatic carbocycles. The van der Waals surface area contributed by atoms with E-state index >= 15 is 0 Å². The SMILES string of the molecule is CC(Cc1onc(N)c1Br)C(C)(C)C. The lowest BCUT2D eigenvalue weighted by atomic mass is 9.80. The summed E-state index contributed by atoms with van der Waals surface area (Å²) in [6.45, 7) is 8.84. The lowest BCUT2D eigenvalue weighted by Crippen LogP contribution is -2.19. The Morgan fingerprint density at radius 3 is 2.43 bits per heavy atom. The number of nitrogens with two attached hydrogens (primary N) is 1. The molecule has 1 heterocycles. The number of aromatic nitrogens is 1. The van der Waals surface area contributed by atoms with E-state index in [2.05, 4.69) is 48.8 Å². The van der Waals surface area contributed by atoms with Crippen LogP contribution in [-0.4, -0.2) is 5.16 Å². The Bertz CT molecular complexity index is 314. The summed E-state index contributed by atoms with van der Waals surface area (Å²) < 4.78 is 5.94. The van der Waals surface area contributed by atoms with E-state index < -0.39 is 0 Å². The molecule has 3 nitrogen and oxygen atoms in total. The van der Waals surface area contributed by atoms with Gasteiger partial charge < -0.3 is 10.3 Å². The first-order valence-corrected chi connectivity index (χ1v) is 5.51. The number of rotatable bonds is 2. The Balaban J connectivity index is 2.75. The van der Waals surface area contributed by atoms with Crippen LogP contribution >= 0.6 is 15.9 Å². The van der Waals surface area contributed by atoms with E-state index in [0.29, 0.717) is 11.7 Å². The molecule has 2 N–H and O–H groups in total. The highest BCUT2D eigenvalue weighted by molar-refractivity contribution is 9.10. The zero-order chi connectivity index (χ0) is 10.9. The maximum absolute atomic E-state index is 5.57. The third-order valence-electron chi connectivity index (χ3n) is 2.69. The largest absolute Gasteiger partial charge is 0.380 e. The Hall–Kier alpha value is -0.510. The summed E-state index contributed by atoms with van der Waals surface area (Å²) >= 11 is 3.36. The molecule has 0 radical (unpaired) electrons. The lowest BCUT2D eigenvalue weighted by molar-refractivity contribution is 0.239. The number of hydrogen-bond donors (Lipinski definition) is 1. The van der Waals surface area contributed by atoms with Crippen LogP contribution in [0.15, 0.2) is 9.00 Å². The third-order valence-corrected chi connectivity index (χ3v) is 3.54. The second-order valence-electron chi connectivity index (χ2n) is 4.78. The Morgan fingerprint density at radius 2 is 2.07 bits per heavy atom. The molecule has 1 unspecified atom stereocenters. The highest BCUT2D eigenvalue weighted by Gasteiger charge is 2.23. The predicted octanol–water partition coefficient (Wildman–Crippen LogP) is 3.24. The number of halogens is 1. The highest BCUT2D eigenvalue weighted by atomic mass is 79.9. The van der Waals surface area contributed by atoms with E-state index in [4.69, 9.17) is 10.3 Å². The summed E-state index contributed by atoms with van der Waals surface area (Å²) in [6.07, 6.45) is 0.855. The Morgan fingerprint density at radius 1 is 1.50 bits per heavy atom. The molecule has 0 bridgehead atoms. The van der Waals surface area contributed by atoms with Crippen LogP contribution in [0.1, 0.15) is 33.5 Å². The van der Waals surface area contributed by atoms with Crippen molar-refractivity contribution in [2.75, 3.05) is 5.73 Å². The van der Waals surface area contributed by atoms with Gasteiger partial charge in [-0.05, 0) is 27.3 Å². The molecule has 4 heteroatoms. The molecule has 1 atom stereocenters. The molecule has 14 heavy (non-hydrogen) atoms. The van der Waals surface area contributed by atoms with E-state index in [0.717, 1.165) is 16.7 Å². The minimum atomic E-state index is 0.265. The fourth-order valence-electron chi connectivity index (χ4n) is 1.04. The number of nitrogens with zero attached hydrogens (tertiary/aromatic N) is 1. The van der Waals surface area contributed by atoms with Gasteiger partial charge in [0.15, 0.2) is 11.6 Å². The highest BCUT2D eigenvalue weighted by Crippen LogP contribution is 2.32. The number of nitrogen functional groups attached to an aromatic ring is 1. The van der Waals surface area contributed by atoms with Gasteiger partial charge in [-0.25, -0.2) is 0 Å².